The van der Waals surface area contributed by atoms with Gasteiger partial charge in [-0.2, -0.15) is 0 Å². The largest absolute Gasteiger partial charge is 0.383 e. The molecule has 0 heterocycles. The number of rotatable bonds is 6. The molecule has 3 N–H and O–H groups in total. The van der Waals surface area contributed by atoms with E-state index in [0.717, 1.165) is 0 Å². The summed E-state index contributed by atoms with van der Waals surface area (Å²) < 4.78 is 9.85. The Morgan fingerprint density at radius 3 is 2.57 bits per heavy atom. The number of amides is 2. The van der Waals surface area contributed by atoms with Crippen molar-refractivity contribution >= 4 is 6.03 Å². The third-order valence-corrected chi connectivity index (χ3v) is 1.86. The fourth-order valence-corrected chi connectivity index (χ4v) is 1.13. The van der Waals surface area contributed by atoms with Gasteiger partial charge in [0, 0.05) is 20.8 Å². The van der Waals surface area contributed by atoms with Crippen LogP contribution in [0.5, 0.6) is 0 Å². The van der Waals surface area contributed by atoms with Gasteiger partial charge in [0.25, 0.3) is 0 Å². The number of hydrazine groups is 1. The SMILES string of the molecule is COCCN(C(=O)NN)C(C)COC. The predicted molar refractivity (Wildman–Crippen MR) is 52.6 cm³/mol. The van der Waals surface area contributed by atoms with E-state index < -0.39 is 0 Å². The summed E-state index contributed by atoms with van der Waals surface area (Å²) >= 11 is 0. The van der Waals surface area contributed by atoms with Crippen molar-refractivity contribution in [2.24, 2.45) is 5.84 Å². The van der Waals surface area contributed by atoms with Crippen molar-refractivity contribution in [3.05, 3.63) is 0 Å². The van der Waals surface area contributed by atoms with Gasteiger partial charge in [-0.05, 0) is 6.92 Å². The third kappa shape index (κ3) is 4.40. The summed E-state index contributed by atoms with van der Waals surface area (Å²) in [5.74, 6) is 5.06. The fourth-order valence-electron chi connectivity index (χ4n) is 1.13. The van der Waals surface area contributed by atoms with Crippen molar-refractivity contribution in [3.8, 4) is 0 Å². The van der Waals surface area contributed by atoms with Gasteiger partial charge in [-0.15, -0.1) is 0 Å². The molecule has 1 atom stereocenters. The number of carbonyl (C=O) groups is 1. The van der Waals surface area contributed by atoms with Crippen LogP contribution in [0, 0.1) is 0 Å². The first-order chi connectivity index (χ1) is 6.67. The van der Waals surface area contributed by atoms with Gasteiger partial charge >= 0.3 is 6.03 Å². The second kappa shape index (κ2) is 7.54. The van der Waals surface area contributed by atoms with Crippen LogP contribution in [0.3, 0.4) is 0 Å². The number of nitrogens with zero attached hydrogens (tertiary/aromatic N) is 1. The molecule has 0 fully saturated rings. The number of hydrogen-bond acceptors (Lipinski definition) is 4. The van der Waals surface area contributed by atoms with Crippen LogP contribution in [-0.2, 0) is 9.47 Å². The monoisotopic (exact) mass is 205 g/mol. The van der Waals surface area contributed by atoms with Crippen molar-refractivity contribution in [3.63, 3.8) is 0 Å². The van der Waals surface area contributed by atoms with Crippen LogP contribution in [0.15, 0.2) is 0 Å². The minimum Gasteiger partial charge on any atom is -0.383 e. The Kier molecular flexibility index (Phi) is 7.09. The number of ether oxygens (including phenoxy) is 2. The van der Waals surface area contributed by atoms with Gasteiger partial charge in [0.1, 0.15) is 0 Å². The topological polar surface area (TPSA) is 76.8 Å². The third-order valence-electron chi connectivity index (χ3n) is 1.86. The molecule has 6 nitrogen and oxygen atoms in total. The molecule has 0 rings (SSSR count). The highest BCUT2D eigenvalue weighted by Gasteiger charge is 2.18. The highest BCUT2D eigenvalue weighted by Crippen LogP contribution is 1.99. The molecule has 1 unspecified atom stereocenters. The van der Waals surface area contributed by atoms with E-state index in [1.807, 2.05) is 6.92 Å². The molecule has 0 aromatic rings. The van der Waals surface area contributed by atoms with Gasteiger partial charge in [0.2, 0.25) is 0 Å². The number of carbonyl (C=O) groups excluding carboxylic acids is 1. The zero-order valence-electron chi connectivity index (χ0n) is 8.95. The van der Waals surface area contributed by atoms with Crippen LogP contribution in [0.1, 0.15) is 6.92 Å². The lowest BCUT2D eigenvalue weighted by Gasteiger charge is -2.27. The van der Waals surface area contributed by atoms with Gasteiger partial charge in [-0.3, -0.25) is 5.43 Å². The Bertz CT molecular complexity index is 166. The maximum absolute atomic E-state index is 11.3. The quantitative estimate of drug-likeness (QED) is 0.350. The number of urea groups is 1. The maximum atomic E-state index is 11.3. The average molecular weight is 205 g/mol. The minimum atomic E-state index is -0.327. The number of nitrogens with one attached hydrogen (secondary N) is 1. The molecule has 0 bridgehead atoms. The Morgan fingerprint density at radius 2 is 2.14 bits per heavy atom. The molecule has 0 aromatic heterocycles. The van der Waals surface area contributed by atoms with E-state index in [-0.39, 0.29) is 12.1 Å². The summed E-state index contributed by atoms with van der Waals surface area (Å²) in [6.07, 6.45) is 0. The van der Waals surface area contributed by atoms with E-state index in [1.54, 1.807) is 19.1 Å². The van der Waals surface area contributed by atoms with Crippen LogP contribution in [0.2, 0.25) is 0 Å². The van der Waals surface area contributed by atoms with Crippen molar-refractivity contribution in [1.29, 1.82) is 0 Å². The summed E-state index contributed by atoms with van der Waals surface area (Å²) in [5.41, 5.74) is 2.09. The van der Waals surface area contributed by atoms with Crippen LogP contribution in [0.25, 0.3) is 0 Å². The molecule has 0 aromatic carbocycles. The molecule has 0 spiro atoms. The van der Waals surface area contributed by atoms with Gasteiger partial charge in [-0.1, -0.05) is 0 Å². The van der Waals surface area contributed by atoms with Gasteiger partial charge < -0.3 is 14.4 Å². The van der Waals surface area contributed by atoms with Crippen molar-refractivity contribution in [2.45, 2.75) is 13.0 Å². The van der Waals surface area contributed by atoms with E-state index in [0.29, 0.717) is 19.8 Å². The van der Waals surface area contributed by atoms with Crippen LogP contribution in [0.4, 0.5) is 4.79 Å². The summed E-state index contributed by atoms with van der Waals surface area (Å²) in [6, 6.07) is -0.356. The summed E-state index contributed by atoms with van der Waals surface area (Å²) in [4.78, 5) is 12.9. The average Bonchev–Trinajstić information content (AvgIpc) is 2.18. The van der Waals surface area contributed by atoms with Crippen LogP contribution >= 0.6 is 0 Å². The first-order valence-electron chi connectivity index (χ1n) is 4.42. The molecule has 0 aliphatic heterocycles. The molecular formula is C8H19N3O3. The predicted octanol–water partition coefficient (Wildman–Crippen LogP) is -0.447. The zero-order valence-corrected chi connectivity index (χ0v) is 8.95. The van der Waals surface area contributed by atoms with Gasteiger partial charge in [0.15, 0.2) is 0 Å². The fraction of sp³-hybridized carbons (Fsp3) is 0.875. The lowest BCUT2D eigenvalue weighted by atomic mass is 10.3. The van der Waals surface area contributed by atoms with Crippen LogP contribution in [-0.4, -0.2) is 51.0 Å². The zero-order chi connectivity index (χ0) is 11.0. The molecule has 0 radical (unpaired) electrons. The van der Waals surface area contributed by atoms with E-state index in [9.17, 15) is 4.79 Å². The van der Waals surface area contributed by atoms with E-state index >= 15 is 0 Å². The van der Waals surface area contributed by atoms with Crippen molar-refractivity contribution in [1.82, 2.24) is 10.3 Å². The Morgan fingerprint density at radius 1 is 1.50 bits per heavy atom. The lowest BCUT2D eigenvalue weighted by molar-refractivity contribution is 0.0905. The first-order valence-corrected chi connectivity index (χ1v) is 4.42. The van der Waals surface area contributed by atoms with E-state index in [4.69, 9.17) is 15.3 Å². The molecule has 0 aliphatic carbocycles. The Balaban J connectivity index is 4.14. The van der Waals surface area contributed by atoms with Crippen molar-refractivity contribution in [2.75, 3.05) is 34.0 Å². The Hall–Kier alpha value is -0.850. The molecule has 14 heavy (non-hydrogen) atoms. The van der Waals surface area contributed by atoms with Crippen molar-refractivity contribution < 1.29 is 14.3 Å². The van der Waals surface area contributed by atoms with E-state index in [1.165, 1.54) is 0 Å². The second-order valence-corrected chi connectivity index (χ2v) is 2.94. The standard InChI is InChI=1S/C8H19N3O3/c1-7(6-14-3)11(4-5-13-2)8(12)10-9/h7H,4-6,9H2,1-3H3,(H,10,12). The molecular weight excluding hydrogens is 186 g/mol. The second-order valence-electron chi connectivity index (χ2n) is 2.94. The molecule has 0 aliphatic rings. The minimum absolute atomic E-state index is 0.0290. The summed E-state index contributed by atoms with van der Waals surface area (Å²) in [7, 11) is 3.17. The van der Waals surface area contributed by atoms with E-state index in [2.05, 4.69) is 5.43 Å². The highest BCUT2D eigenvalue weighted by atomic mass is 16.5. The lowest BCUT2D eigenvalue weighted by Crippen LogP contribution is -2.50. The molecule has 84 valence electrons. The molecule has 0 saturated heterocycles. The summed E-state index contributed by atoms with van der Waals surface area (Å²) in [6.45, 7) is 3.32. The molecule has 6 heteroatoms. The number of methoxy groups -OCH3 is 2. The molecule has 0 saturated carbocycles. The van der Waals surface area contributed by atoms with Crippen LogP contribution < -0.4 is 11.3 Å². The Labute approximate surface area is 84.3 Å². The number of nitrogens with two attached hydrogens (primary N) is 1. The number of hydrogen-bond donors (Lipinski definition) is 2. The normalized spacial score (nSPS) is 12.3. The first kappa shape index (κ1) is 13.2. The highest BCUT2D eigenvalue weighted by molar-refractivity contribution is 5.73. The maximum Gasteiger partial charge on any atom is 0.331 e. The molecule has 2 amide bonds. The smallest absolute Gasteiger partial charge is 0.331 e. The van der Waals surface area contributed by atoms with Gasteiger partial charge in [-0.25, -0.2) is 10.6 Å². The van der Waals surface area contributed by atoms with Gasteiger partial charge in [0.05, 0.1) is 19.3 Å². The summed E-state index contributed by atoms with van der Waals surface area (Å²) in [5, 5.41) is 0.